The summed E-state index contributed by atoms with van der Waals surface area (Å²) in [5.41, 5.74) is -0.479. The summed E-state index contributed by atoms with van der Waals surface area (Å²) in [5.74, 6) is 0.970. The van der Waals surface area contributed by atoms with E-state index < -0.39 is 5.60 Å². The van der Waals surface area contributed by atoms with E-state index in [1.165, 1.54) is 4.88 Å². The van der Waals surface area contributed by atoms with Gasteiger partial charge in [0.2, 0.25) is 0 Å². The van der Waals surface area contributed by atoms with Gasteiger partial charge in [0.1, 0.15) is 10.6 Å². The Morgan fingerprint density at radius 2 is 2.08 bits per heavy atom. The predicted octanol–water partition coefficient (Wildman–Crippen LogP) is 3.24. The highest BCUT2D eigenvalue weighted by molar-refractivity contribution is 14.0. The predicted molar refractivity (Wildman–Crippen MR) is 118 cm³/mol. The topological polar surface area (TPSA) is 78.9 Å². The zero-order valence-electron chi connectivity index (χ0n) is 16.8. The van der Waals surface area contributed by atoms with Gasteiger partial charge in [0, 0.05) is 38.3 Å². The number of thiazole rings is 1. The lowest BCUT2D eigenvalue weighted by Crippen LogP contribution is -2.42. The summed E-state index contributed by atoms with van der Waals surface area (Å²) in [6, 6.07) is 0. The third-order valence-corrected chi connectivity index (χ3v) is 4.12. The molecule has 1 unspecified atom stereocenters. The van der Waals surface area contributed by atoms with Crippen molar-refractivity contribution >= 4 is 47.4 Å². The van der Waals surface area contributed by atoms with Gasteiger partial charge in [-0.25, -0.2) is 9.78 Å². The number of ether oxygens (including phenoxy) is 1. The summed E-state index contributed by atoms with van der Waals surface area (Å²) in [5, 5.41) is 7.54. The van der Waals surface area contributed by atoms with Crippen molar-refractivity contribution in [1.29, 1.82) is 0 Å². The van der Waals surface area contributed by atoms with Gasteiger partial charge in [0.25, 0.3) is 0 Å². The van der Waals surface area contributed by atoms with E-state index >= 15 is 0 Å². The van der Waals surface area contributed by atoms with Crippen molar-refractivity contribution in [2.75, 3.05) is 27.2 Å². The van der Waals surface area contributed by atoms with E-state index in [9.17, 15) is 4.79 Å². The van der Waals surface area contributed by atoms with Crippen LogP contribution in [-0.4, -0.2) is 54.7 Å². The van der Waals surface area contributed by atoms with Crippen molar-refractivity contribution in [3.05, 3.63) is 16.1 Å². The second-order valence-electron chi connectivity index (χ2n) is 7.14. The van der Waals surface area contributed by atoms with Crippen LogP contribution < -0.4 is 10.6 Å². The zero-order chi connectivity index (χ0) is 19.0. The molecule has 1 aromatic rings. The third-order valence-electron chi connectivity index (χ3n) is 3.21. The van der Waals surface area contributed by atoms with Gasteiger partial charge < -0.3 is 20.3 Å². The Morgan fingerprint density at radius 1 is 1.42 bits per heavy atom. The van der Waals surface area contributed by atoms with Crippen LogP contribution in [0.2, 0.25) is 0 Å². The number of guanidine groups is 1. The van der Waals surface area contributed by atoms with Gasteiger partial charge >= 0.3 is 6.09 Å². The molecular formula is C17H32IN5O2S. The molecule has 2 N–H and O–H groups in total. The molecule has 1 heterocycles. The molecule has 0 radical (unpaired) electrons. The van der Waals surface area contributed by atoms with E-state index in [1.54, 1.807) is 30.3 Å². The number of nitrogens with one attached hydrogen (secondary N) is 2. The standard InChI is InChI=1S/C17H31N5O2S.HI/c1-12(11-22(7)16(23)24-17(3,4)5)8-20-15(18-6)21-10-14-19-9-13(2)25-14;/h9,12H,8,10-11H2,1-7H3,(H2,18,20,21);1H. The third kappa shape index (κ3) is 10.1. The van der Waals surface area contributed by atoms with Crippen molar-refractivity contribution in [2.24, 2.45) is 10.9 Å². The van der Waals surface area contributed by atoms with Gasteiger partial charge in [-0.3, -0.25) is 4.99 Å². The molecule has 150 valence electrons. The van der Waals surface area contributed by atoms with Crippen LogP contribution in [0.1, 0.15) is 37.6 Å². The van der Waals surface area contributed by atoms with E-state index in [4.69, 9.17) is 4.74 Å². The van der Waals surface area contributed by atoms with Gasteiger partial charge in [0.15, 0.2) is 5.96 Å². The number of hydrogen-bond acceptors (Lipinski definition) is 5. The monoisotopic (exact) mass is 497 g/mol. The molecule has 0 saturated heterocycles. The van der Waals surface area contributed by atoms with Crippen LogP contribution in [0.3, 0.4) is 0 Å². The molecule has 0 bridgehead atoms. The highest BCUT2D eigenvalue weighted by Crippen LogP contribution is 2.11. The molecule has 0 aliphatic rings. The Kier molecular flexibility index (Phi) is 11.1. The minimum atomic E-state index is -0.479. The second-order valence-corrected chi connectivity index (χ2v) is 8.46. The van der Waals surface area contributed by atoms with Gasteiger partial charge in [-0.05, 0) is 33.6 Å². The number of halogens is 1. The molecule has 26 heavy (non-hydrogen) atoms. The number of aromatic nitrogens is 1. The largest absolute Gasteiger partial charge is 0.444 e. The van der Waals surface area contributed by atoms with Crippen LogP contribution in [-0.2, 0) is 11.3 Å². The van der Waals surface area contributed by atoms with Crippen molar-refractivity contribution in [3.8, 4) is 0 Å². The van der Waals surface area contributed by atoms with Crippen LogP contribution >= 0.6 is 35.3 Å². The van der Waals surface area contributed by atoms with Crippen molar-refractivity contribution < 1.29 is 9.53 Å². The molecule has 1 atom stereocenters. The number of aryl methyl sites for hydroxylation is 1. The molecule has 0 fully saturated rings. The summed E-state index contributed by atoms with van der Waals surface area (Å²) >= 11 is 1.67. The van der Waals surface area contributed by atoms with Gasteiger partial charge in [-0.1, -0.05) is 6.92 Å². The second kappa shape index (κ2) is 11.6. The molecule has 0 aliphatic heterocycles. The molecule has 0 aliphatic carbocycles. The average molecular weight is 497 g/mol. The lowest BCUT2D eigenvalue weighted by Gasteiger charge is -2.26. The zero-order valence-corrected chi connectivity index (χ0v) is 19.9. The smallest absolute Gasteiger partial charge is 0.410 e. The minimum Gasteiger partial charge on any atom is -0.444 e. The number of amides is 1. The summed E-state index contributed by atoms with van der Waals surface area (Å²) in [6.45, 7) is 11.6. The molecule has 7 nitrogen and oxygen atoms in total. The van der Waals surface area contributed by atoms with E-state index in [2.05, 4.69) is 27.5 Å². The fraction of sp³-hybridized carbons (Fsp3) is 0.706. The number of nitrogens with zero attached hydrogens (tertiary/aromatic N) is 3. The lowest BCUT2D eigenvalue weighted by atomic mass is 10.1. The van der Waals surface area contributed by atoms with Crippen LogP contribution in [0.25, 0.3) is 0 Å². The van der Waals surface area contributed by atoms with E-state index in [0.717, 1.165) is 11.0 Å². The summed E-state index contributed by atoms with van der Waals surface area (Å²) in [6.07, 6.45) is 1.56. The first kappa shape index (κ1) is 24.9. The molecule has 1 amide bonds. The molecule has 0 saturated carbocycles. The average Bonchev–Trinajstić information content (AvgIpc) is 2.91. The van der Waals surface area contributed by atoms with Crippen LogP contribution in [0.4, 0.5) is 4.79 Å². The fourth-order valence-electron chi connectivity index (χ4n) is 2.08. The maximum atomic E-state index is 12.0. The molecule has 0 spiro atoms. The highest BCUT2D eigenvalue weighted by atomic mass is 127. The lowest BCUT2D eigenvalue weighted by molar-refractivity contribution is 0.0278. The minimum absolute atomic E-state index is 0. The van der Waals surface area contributed by atoms with Crippen LogP contribution in [0, 0.1) is 12.8 Å². The SMILES string of the molecule is CN=C(NCc1ncc(C)s1)NCC(C)CN(C)C(=O)OC(C)(C)C.I. The first-order valence-corrected chi connectivity index (χ1v) is 9.22. The number of carbonyl (C=O) groups excluding carboxylic acids is 1. The molecular weight excluding hydrogens is 465 g/mol. The molecule has 1 rings (SSSR count). The van der Waals surface area contributed by atoms with E-state index in [0.29, 0.717) is 19.6 Å². The first-order valence-electron chi connectivity index (χ1n) is 8.40. The maximum absolute atomic E-state index is 12.0. The van der Waals surface area contributed by atoms with Gasteiger partial charge in [0.05, 0.1) is 6.54 Å². The fourth-order valence-corrected chi connectivity index (χ4v) is 2.81. The molecule has 9 heteroatoms. The summed E-state index contributed by atoms with van der Waals surface area (Å²) in [4.78, 5) is 23.3. The molecule has 1 aromatic heterocycles. The number of carbonyl (C=O) groups is 1. The van der Waals surface area contributed by atoms with E-state index in [-0.39, 0.29) is 36.0 Å². The summed E-state index contributed by atoms with van der Waals surface area (Å²) < 4.78 is 5.36. The van der Waals surface area contributed by atoms with Crippen molar-refractivity contribution in [2.45, 2.75) is 46.8 Å². The Bertz CT molecular complexity index is 586. The number of hydrogen-bond donors (Lipinski definition) is 2. The van der Waals surface area contributed by atoms with E-state index in [1.807, 2.05) is 33.9 Å². The first-order chi connectivity index (χ1) is 11.6. The Hall–Kier alpha value is -1.10. The van der Waals surface area contributed by atoms with Gasteiger partial charge in [-0.2, -0.15) is 0 Å². The summed E-state index contributed by atoms with van der Waals surface area (Å²) in [7, 11) is 3.49. The van der Waals surface area contributed by atoms with Crippen molar-refractivity contribution in [1.82, 2.24) is 20.5 Å². The van der Waals surface area contributed by atoms with Crippen molar-refractivity contribution in [3.63, 3.8) is 0 Å². The Morgan fingerprint density at radius 3 is 2.58 bits per heavy atom. The molecule has 0 aromatic carbocycles. The highest BCUT2D eigenvalue weighted by Gasteiger charge is 2.20. The Balaban J connectivity index is 0.00000625. The Labute approximate surface area is 178 Å². The van der Waals surface area contributed by atoms with Gasteiger partial charge in [-0.15, -0.1) is 35.3 Å². The maximum Gasteiger partial charge on any atom is 0.410 e. The van der Waals surface area contributed by atoms with Crippen LogP contribution in [0.5, 0.6) is 0 Å². The quantitative estimate of drug-likeness (QED) is 0.359. The number of rotatable bonds is 6. The number of aliphatic imine (C=N–C) groups is 1. The van der Waals surface area contributed by atoms with Crippen LogP contribution in [0.15, 0.2) is 11.2 Å². The normalized spacial score (nSPS) is 12.8.